The van der Waals surface area contributed by atoms with Crippen LogP contribution < -0.4 is 5.32 Å². The molecule has 142 valence electrons. The number of carbonyl (C=O) groups is 2. The summed E-state index contributed by atoms with van der Waals surface area (Å²) in [5.74, 6) is -3.63. The van der Waals surface area contributed by atoms with Crippen molar-refractivity contribution in [1.82, 2.24) is 5.32 Å². The van der Waals surface area contributed by atoms with Gasteiger partial charge in [0.1, 0.15) is 5.41 Å². The maximum atomic E-state index is 13.4. The van der Waals surface area contributed by atoms with Gasteiger partial charge in [0.2, 0.25) is 5.91 Å². The third-order valence-corrected chi connectivity index (χ3v) is 5.40. The van der Waals surface area contributed by atoms with Gasteiger partial charge in [-0.05, 0) is 42.0 Å². The van der Waals surface area contributed by atoms with Crippen molar-refractivity contribution in [3.8, 4) is 0 Å². The summed E-state index contributed by atoms with van der Waals surface area (Å²) in [6.07, 6.45) is 0.859. The van der Waals surface area contributed by atoms with Gasteiger partial charge in [0.05, 0.1) is 0 Å². The zero-order chi connectivity index (χ0) is 19.6. The van der Waals surface area contributed by atoms with E-state index in [0.717, 1.165) is 12.1 Å². The minimum absolute atomic E-state index is 0.0251. The van der Waals surface area contributed by atoms with Gasteiger partial charge in [0, 0.05) is 12.5 Å². The zero-order valence-corrected chi connectivity index (χ0v) is 14.9. The number of nitrogens with one attached hydrogen (secondary N) is 1. The van der Waals surface area contributed by atoms with E-state index in [9.17, 15) is 23.5 Å². The van der Waals surface area contributed by atoms with Gasteiger partial charge in [-0.15, -0.1) is 0 Å². The van der Waals surface area contributed by atoms with E-state index in [-0.39, 0.29) is 24.3 Å². The number of benzene rings is 2. The van der Waals surface area contributed by atoms with E-state index >= 15 is 0 Å². The Morgan fingerprint density at radius 2 is 1.85 bits per heavy atom. The summed E-state index contributed by atoms with van der Waals surface area (Å²) in [6.45, 7) is 1.75. The van der Waals surface area contributed by atoms with Crippen LogP contribution in [-0.4, -0.2) is 23.5 Å². The average molecular weight is 373 g/mol. The topological polar surface area (TPSA) is 66.4 Å². The largest absolute Gasteiger partial charge is 0.481 e. The lowest BCUT2D eigenvalue weighted by molar-refractivity contribution is -0.144. The number of halogens is 2. The molecule has 0 aromatic heterocycles. The molecule has 2 aromatic carbocycles. The fraction of sp³-hybridized carbons (Fsp3) is 0.333. The zero-order valence-electron chi connectivity index (χ0n) is 14.9. The first-order valence-corrected chi connectivity index (χ1v) is 8.90. The average Bonchev–Trinajstić information content (AvgIpc) is 3.46. The minimum atomic E-state index is -1.21. The van der Waals surface area contributed by atoms with Gasteiger partial charge in [0.15, 0.2) is 11.6 Å². The molecule has 27 heavy (non-hydrogen) atoms. The van der Waals surface area contributed by atoms with Crippen molar-refractivity contribution in [2.45, 2.75) is 31.1 Å². The Bertz CT molecular complexity index is 856. The van der Waals surface area contributed by atoms with Crippen molar-refractivity contribution < 1.29 is 23.5 Å². The Balaban J connectivity index is 1.69. The molecule has 2 aromatic rings. The molecule has 3 rings (SSSR count). The molecule has 3 atom stereocenters. The summed E-state index contributed by atoms with van der Waals surface area (Å²) in [5.41, 5.74) is 0.00822. The van der Waals surface area contributed by atoms with Gasteiger partial charge in [-0.3, -0.25) is 9.59 Å². The van der Waals surface area contributed by atoms with Crippen LogP contribution in [0.4, 0.5) is 8.78 Å². The number of carbonyl (C=O) groups excluding carboxylic acids is 1. The van der Waals surface area contributed by atoms with E-state index in [0.29, 0.717) is 24.0 Å². The van der Waals surface area contributed by atoms with Crippen LogP contribution in [0.15, 0.2) is 48.5 Å². The van der Waals surface area contributed by atoms with Crippen molar-refractivity contribution in [1.29, 1.82) is 0 Å². The van der Waals surface area contributed by atoms with Crippen LogP contribution in [0.3, 0.4) is 0 Å². The first kappa shape index (κ1) is 19.0. The first-order valence-electron chi connectivity index (χ1n) is 8.90. The van der Waals surface area contributed by atoms with E-state index in [4.69, 9.17) is 0 Å². The molecule has 1 amide bonds. The predicted octanol–water partition coefficient (Wildman–Crippen LogP) is 3.62. The Labute approximate surface area is 156 Å². The van der Waals surface area contributed by atoms with Crippen LogP contribution in [-0.2, 0) is 15.0 Å². The molecule has 0 bridgehead atoms. The van der Waals surface area contributed by atoms with E-state index in [2.05, 4.69) is 5.32 Å². The fourth-order valence-corrected chi connectivity index (χ4v) is 3.50. The number of aliphatic carboxylic acids is 1. The molecule has 1 saturated carbocycles. The Morgan fingerprint density at radius 3 is 2.44 bits per heavy atom. The molecule has 0 spiro atoms. The highest BCUT2D eigenvalue weighted by molar-refractivity contribution is 5.86. The van der Waals surface area contributed by atoms with Crippen LogP contribution in [0.1, 0.15) is 36.8 Å². The number of amides is 1. The second-order valence-corrected chi connectivity index (χ2v) is 6.95. The molecule has 0 aliphatic heterocycles. The molecule has 0 radical (unpaired) electrons. The molecule has 3 unspecified atom stereocenters. The van der Waals surface area contributed by atoms with Gasteiger partial charge >= 0.3 is 5.97 Å². The third-order valence-electron chi connectivity index (χ3n) is 5.40. The number of carboxylic acids is 1. The summed E-state index contributed by atoms with van der Waals surface area (Å²) in [5, 5.41) is 12.6. The lowest BCUT2D eigenvalue weighted by atomic mass is 9.78. The summed E-state index contributed by atoms with van der Waals surface area (Å²) in [4.78, 5) is 24.5. The number of carboxylic acid groups (broad SMARTS) is 1. The summed E-state index contributed by atoms with van der Waals surface area (Å²) in [7, 11) is 0. The fourth-order valence-electron chi connectivity index (χ4n) is 3.50. The monoisotopic (exact) mass is 373 g/mol. The van der Waals surface area contributed by atoms with E-state index in [1.807, 2.05) is 0 Å². The van der Waals surface area contributed by atoms with Crippen molar-refractivity contribution in [3.63, 3.8) is 0 Å². The molecular weight excluding hydrogens is 352 g/mol. The molecule has 2 N–H and O–H groups in total. The highest BCUT2D eigenvalue weighted by atomic mass is 19.2. The number of hydrogen-bond donors (Lipinski definition) is 2. The lowest BCUT2D eigenvalue weighted by Gasteiger charge is -2.29. The van der Waals surface area contributed by atoms with Crippen LogP contribution in [0.25, 0.3) is 0 Å². The Kier molecular flexibility index (Phi) is 5.26. The van der Waals surface area contributed by atoms with Gasteiger partial charge in [-0.25, -0.2) is 8.78 Å². The molecule has 0 saturated heterocycles. The molecule has 0 heterocycles. The van der Waals surface area contributed by atoms with E-state index in [1.54, 1.807) is 37.3 Å². The second-order valence-electron chi connectivity index (χ2n) is 6.95. The van der Waals surface area contributed by atoms with E-state index in [1.165, 1.54) is 6.07 Å². The number of hydrogen-bond acceptors (Lipinski definition) is 2. The number of rotatable bonds is 7. The minimum Gasteiger partial charge on any atom is -0.481 e. The molecule has 1 fully saturated rings. The molecule has 6 heteroatoms. The van der Waals surface area contributed by atoms with Crippen LogP contribution in [0.5, 0.6) is 0 Å². The Morgan fingerprint density at radius 1 is 1.15 bits per heavy atom. The SMILES string of the molecule is CCC(CNC(=O)C1CC1c1ccc(F)c(F)c1)(C(=O)O)c1ccccc1. The third kappa shape index (κ3) is 3.70. The second kappa shape index (κ2) is 7.47. The van der Waals surface area contributed by atoms with Gasteiger partial charge < -0.3 is 10.4 Å². The standard InChI is InChI=1S/C21H21F2NO3/c1-2-21(20(26)27,14-6-4-3-5-7-14)12-24-19(25)16-11-15(16)13-8-9-17(22)18(23)10-13/h3-10,15-16H,2,11-12H2,1H3,(H,24,25)(H,26,27). The van der Waals surface area contributed by atoms with Crippen LogP contribution >= 0.6 is 0 Å². The predicted molar refractivity (Wildman–Crippen MR) is 96.3 cm³/mol. The smallest absolute Gasteiger partial charge is 0.315 e. The molecular formula is C21H21F2NO3. The van der Waals surface area contributed by atoms with Gasteiger partial charge in [-0.1, -0.05) is 43.3 Å². The normalized spacial score (nSPS) is 20.6. The maximum Gasteiger partial charge on any atom is 0.315 e. The van der Waals surface area contributed by atoms with E-state index < -0.39 is 23.0 Å². The quantitative estimate of drug-likeness (QED) is 0.779. The van der Waals surface area contributed by atoms with Gasteiger partial charge in [0.25, 0.3) is 0 Å². The first-order chi connectivity index (χ1) is 12.9. The van der Waals surface area contributed by atoms with Crippen molar-refractivity contribution in [3.05, 3.63) is 71.3 Å². The van der Waals surface area contributed by atoms with Crippen molar-refractivity contribution >= 4 is 11.9 Å². The van der Waals surface area contributed by atoms with Crippen LogP contribution in [0.2, 0.25) is 0 Å². The summed E-state index contributed by atoms with van der Waals surface area (Å²) in [6, 6.07) is 12.5. The van der Waals surface area contributed by atoms with Crippen molar-refractivity contribution in [2.24, 2.45) is 5.92 Å². The van der Waals surface area contributed by atoms with Crippen LogP contribution in [0, 0.1) is 17.6 Å². The molecule has 4 nitrogen and oxygen atoms in total. The summed E-state index contributed by atoms with van der Waals surface area (Å²) < 4.78 is 26.4. The highest BCUT2D eigenvalue weighted by Crippen LogP contribution is 2.47. The summed E-state index contributed by atoms with van der Waals surface area (Å²) >= 11 is 0. The highest BCUT2D eigenvalue weighted by Gasteiger charge is 2.46. The maximum absolute atomic E-state index is 13.4. The molecule has 1 aliphatic rings. The van der Waals surface area contributed by atoms with Crippen molar-refractivity contribution in [2.75, 3.05) is 6.54 Å². The Hall–Kier alpha value is -2.76. The lowest BCUT2D eigenvalue weighted by Crippen LogP contribution is -2.46. The van der Waals surface area contributed by atoms with Gasteiger partial charge in [-0.2, -0.15) is 0 Å². The molecule has 1 aliphatic carbocycles.